The maximum atomic E-state index is 12.6. The van der Waals surface area contributed by atoms with Gasteiger partial charge in [-0.15, -0.1) is 0 Å². The SMILES string of the molecule is CCC(CC)C(=O)N1CCN(c2ccc(NC(=O)c3ccc(C)c([N+](=O)[O-])c3)cc2)CC1. The van der Waals surface area contributed by atoms with Crippen molar-refractivity contribution in [3.05, 3.63) is 63.7 Å². The first kappa shape index (κ1) is 23.2. The van der Waals surface area contributed by atoms with Crippen LogP contribution in [0.4, 0.5) is 17.1 Å². The summed E-state index contributed by atoms with van der Waals surface area (Å²) in [6.45, 7) is 8.71. The Bertz CT molecular complexity index is 978. The van der Waals surface area contributed by atoms with E-state index in [0.717, 1.165) is 31.6 Å². The van der Waals surface area contributed by atoms with Crippen LogP contribution in [0.5, 0.6) is 0 Å². The molecule has 1 heterocycles. The molecule has 0 aliphatic carbocycles. The summed E-state index contributed by atoms with van der Waals surface area (Å²) in [6, 6.07) is 12.0. The summed E-state index contributed by atoms with van der Waals surface area (Å²) in [5.41, 5.74) is 2.32. The van der Waals surface area contributed by atoms with Crippen LogP contribution in [0.1, 0.15) is 42.6 Å². The summed E-state index contributed by atoms with van der Waals surface area (Å²) in [7, 11) is 0. The van der Waals surface area contributed by atoms with Gasteiger partial charge >= 0.3 is 0 Å². The van der Waals surface area contributed by atoms with Crippen LogP contribution in [0.3, 0.4) is 0 Å². The highest BCUT2D eigenvalue weighted by molar-refractivity contribution is 6.04. The van der Waals surface area contributed by atoms with Gasteiger partial charge in [-0.3, -0.25) is 19.7 Å². The van der Waals surface area contributed by atoms with Crippen LogP contribution in [0.25, 0.3) is 0 Å². The molecule has 0 unspecified atom stereocenters. The maximum absolute atomic E-state index is 12.6. The van der Waals surface area contributed by atoms with Gasteiger partial charge in [0, 0.05) is 60.7 Å². The summed E-state index contributed by atoms with van der Waals surface area (Å²) < 4.78 is 0. The number of hydrogen-bond acceptors (Lipinski definition) is 5. The summed E-state index contributed by atoms with van der Waals surface area (Å²) in [6.07, 6.45) is 1.75. The average molecular weight is 439 g/mol. The molecule has 2 aromatic rings. The van der Waals surface area contributed by atoms with Gasteiger partial charge in [0.15, 0.2) is 0 Å². The fourth-order valence-corrected chi connectivity index (χ4v) is 3.99. The number of carbonyl (C=O) groups excluding carboxylic acids is 2. The molecule has 2 amide bonds. The van der Waals surface area contributed by atoms with Gasteiger partial charge in [0.1, 0.15) is 0 Å². The van der Waals surface area contributed by atoms with Crippen molar-refractivity contribution < 1.29 is 14.5 Å². The lowest BCUT2D eigenvalue weighted by Crippen LogP contribution is -2.50. The van der Waals surface area contributed by atoms with Crippen LogP contribution in [0.2, 0.25) is 0 Å². The fourth-order valence-electron chi connectivity index (χ4n) is 3.99. The van der Waals surface area contributed by atoms with E-state index in [1.54, 1.807) is 19.1 Å². The fraction of sp³-hybridized carbons (Fsp3) is 0.417. The molecule has 8 nitrogen and oxygen atoms in total. The zero-order valence-corrected chi connectivity index (χ0v) is 18.8. The Hall–Kier alpha value is -3.42. The Morgan fingerprint density at radius 1 is 1.03 bits per heavy atom. The van der Waals surface area contributed by atoms with Crippen LogP contribution < -0.4 is 10.2 Å². The smallest absolute Gasteiger partial charge is 0.273 e. The van der Waals surface area contributed by atoms with E-state index in [1.165, 1.54) is 6.07 Å². The number of benzene rings is 2. The molecular formula is C24H30N4O4. The molecule has 1 aliphatic rings. The van der Waals surface area contributed by atoms with Crippen LogP contribution in [0.15, 0.2) is 42.5 Å². The minimum Gasteiger partial charge on any atom is -0.368 e. The molecule has 3 rings (SSSR count). The third-order valence-corrected chi connectivity index (χ3v) is 6.08. The lowest BCUT2D eigenvalue weighted by Gasteiger charge is -2.37. The van der Waals surface area contributed by atoms with Crippen molar-refractivity contribution in [2.75, 3.05) is 36.4 Å². The average Bonchev–Trinajstić information content (AvgIpc) is 2.80. The number of piperazine rings is 1. The Kier molecular flexibility index (Phi) is 7.45. The van der Waals surface area contributed by atoms with E-state index < -0.39 is 10.8 Å². The number of nitro benzene ring substituents is 1. The summed E-state index contributed by atoms with van der Waals surface area (Å²) in [5.74, 6) is -0.0298. The zero-order chi connectivity index (χ0) is 23.3. The monoisotopic (exact) mass is 438 g/mol. The molecule has 0 aromatic heterocycles. The molecule has 0 spiro atoms. The van der Waals surface area contributed by atoms with E-state index in [2.05, 4.69) is 24.1 Å². The van der Waals surface area contributed by atoms with Crippen LogP contribution in [-0.2, 0) is 4.79 Å². The van der Waals surface area contributed by atoms with Crippen molar-refractivity contribution >= 4 is 28.9 Å². The lowest BCUT2D eigenvalue weighted by atomic mass is 10.0. The topological polar surface area (TPSA) is 95.8 Å². The van der Waals surface area contributed by atoms with Gasteiger partial charge in [-0.2, -0.15) is 0 Å². The molecular weight excluding hydrogens is 408 g/mol. The van der Waals surface area contributed by atoms with Crippen molar-refractivity contribution in [1.82, 2.24) is 4.90 Å². The van der Waals surface area contributed by atoms with Crippen molar-refractivity contribution in [3.8, 4) is 0 Å². The Morgan fingerprint density at radius 3 is 2.22 bits per heavy atom. The molecule has 0 bridgehead atoms. The van der Waals surface area contributed by atoms with Crippen molar-refractivity contribution in [3.63, 3.8) is 0 Å². The van der Waals surface area contributed by atoms with Crippen molar-refractivity contribution in [2.45, 2.75) is 33.6 Å². The molecule has 0 atom stereocenters. The second-order valence-corrected chi connectivity index (χ2v) is 8.09. The molecule has 8 heteroatoms. The second kappa shape index (κ2) is 10.3. The van der Waals surface area contributed by atoms with Crippen molar-refractivity contribution in [1.29, 1.82) is 0 Å². The molecule has 170 valence electrons. The number of rotatable bonds is 7. The van der Waals surface area contributed by atoms with Gasteiger partial charge in [0.05, 0.1) is 4.92 Å². The van der Waals surface area contributed by atoms with Gasteiger partial charge in [-0.1, -0.05) is 19.9 Å². The predicted octanol–water partition coefficient (Wildman–Crippen LogP) is 4.24. The van der Waals surface area contributed by atoms with E-state index in [9.17, 15) is 19.7 Å². The molecule has 1 aliphatic heterocycles. The van der Waals surface area contributed by atoms with E-state index in [0.29, 0.717) is 24.3 Å². The van der Waals surface area contributed by atoms with E-state index in [-0.39, 0.29) is 23.1 Å². The van der Waals surface area contributed by atoms with E-state index in [4.69, 9.17) is 0 Å². The highest BCUT2D eigenvalue weighted by Crippen LogP contribution is 2.23. The minimum absolute atomic E-state index is 0.0742. The minimum atomic E-state index is -0.487. The van der Waals surface area contributed by atoms with Gasteiger partial charge in [-0.05, 0) is 50.1 Å². The number of nitrogens with zero attached hydrogens (tertiary/aromatic N) is 3. The van der Waals surface area contributed by atoms with Gasteiger partial charge in [0.2, 0.25) is 5.91 Å². The molecule has 1 N–H and O–H groups in total. The van der Waals surface area contributed by atoms with Gasteiger partial charge in [0.25, 0.3) is 11.6 Å². The lowest BCUT2D eigenvalue weighted by molar-refractivity contribution is -0.385. The summed E-state index contributed by atoms with van der Waals surface area (Å²) in [5, 5.41) is 13.9. The quantitative estimate of drug-likeness (QED) is 0.515. The molecule has 0 saturated carbocycles. The van der Waals surface area contributed by atoms with Gasteiger partial charge < -0.3 is 15.1 Å². The third kappa shape index (κ3) is 5.25. The molecule has 1 fully saturated rings. The standard InChI is InChI=1S/C24H30N4O4/c1-4-18(5-2)24(30)27-14-12-26(13-15-27)21-10-8-20(9-11-21)25-23(29)19-7-6-17(3)22(16-19)28(31)32/h6-11,16,18H,4-5,12-15H2,1-3H3,(H,25,29). The number of amides is 2. The molecule has 32 heavy (non-hydrogen) atoms. The Morgan fingerprint density at radius 2 is 1.66 bits per heavy atom. The first-order valence-electron chi connectivity index (χ1n) is 11.0. The third-order valence-electron chi connectivity index (χ3n) is 6.08. The number of nitrogens with one attached hydrogen (secondary N) is 1. The van der Waals surface area contributed by atoms with Crippen LogP contribution in [0, 0.1) is 23.0 Å². The number of anilines is 2. The molecule has 0 radical (unpaired) electrons. The number of hydrogen-bond donors (Lipinski definition) is 1. The largest absolute Gasteiger partial charge is 0.368 e. The number of aryl methyl sites for hydroxylation is 1. The van der Waals surface area contributed by atoms with E-state index in [1.807, 2.05) is 29.2 Å². The zero-order valence-electron chi connectivity index (χ0n) is 18.8. The highest BCUT2D eigenvalue weighted by atomic mass is 16.6. The number of nitro groups is 1. The highest BCUT2D eigenvalue weighted by Gasteiger charge is 2.25. The first-order valence-corrected chi connectivity index (χ1v) is 11.0. The predicted molar refractivity (Wildman–Crippen MR) is 125 cm³/mol. The normalized spacial score (nSPS) is 13.9. The van der Waals surface area contributed by atoms with Gasteiger partial charge in [-0.25, -0.2) is 0 Å². The molecule has 2 aromatic carbocycles. The second-order valence-electron chi connectivity index (χ2n) is 8.09. The van der Waals surface area contributed by atoms with E-state index >= 15 is 0 Å². The van der Waals surface area contributed by atoms with Crippen LogP contribution >= 0.6 is 0 Å². The maximum Gasteiger partial charge on any atom is 0.273 e. The van der Waals surface area contributed by atoms with Crippen molar-refractivity contribution in [2.24, 2.45) is 5.92 Å². The first-order chi connectivity index (χ1) is 15.3. The molecule has 1 saturated heterocycles. The number of carbonyl (C=O) groups is 2. The Balaban J connectivity index is 1.59. The Labute approximate surface area is 188 Å². The summed E-state index contributed by atoms with van der Waals surface area (Å²) >= 11 is 0. The summed E-state index contributed by atoms with van der Waals surface area (Å²) in [4.78, 5) is 39.9. The van der Waals surface area contributed by atoms with Crippen LogP contribution in [-0.4, -0.2) is 47.8 Å².